The molecule has 0 aliphatic rings. The Bertz CT molecular complexity index is 492. The zero-order valence-electron chi connectivity index (χ0n) is 9.34. The predicted molar refractivity (Wildman–Crippen MR) is 79.6 cm³/mol. The van der Waals surface area contributed by atoms with E-state index in [1.807, 2.05) is 0 Å². The van der Waals surface area contributed by atoms with Gasteiger partial charge < -0.3 is 0 Å². The Hall–Kier alpha value is 0.229. The van der Waals surface area contributed by atoms with E-state index < -0.39 is 18.4 Å². The van der Waals surface area contributed by atoms with Crippen LogP contribution in [0.25, 0.3) is 10.8 Å². The van der Waals surface area contributed by atoms with Crippen LogP contribution in [0.5, 0.6) is 0 Å². The summed E-state index contributed by atoms with van der Waals surface area (Å²) in [5.74, 6) is 0. The van der Waals surface area contributed by atoms with Crippen molar-refractivity contribution >= 4 is 55.3 Å². The standard InChI is InChI=1S/C10H6I.3CH3.Sn/c11-10-7-3-5-8-4-1-2-6-9(8)10;;;;/h1-5,7H;3*1H3;. The molecule has 0 unspecified atom stereocenters. The van der Waals surface area contributed by atoms with Crippen LogP contribution in [0.3, 0.4) is 0 Å². The molecule has 0 nitrogen and oxygen atoms in total. The van der Waals surface area contributed by atoms with Gasteiger partial charge in [-0.25, -0.2) is 0 Å². The summed E-state index contributed by atoms with van der Waals surface area (Å²) < 4.78 is 3.04. The van der Waals surface area contributed by atoms with Crippen molar-refractivity contribution < 1.29 is 0 Å². The fourth-order valence-corrected chi connectivity index (χ4v) is 8.09. The van der Waals surface area contributed by atoms with Crippen LogP contribution in [0.4, 0.5) is 0 Å². The first kappa shape index (κ1) is 11.7. The van der Waals surface area contributed by atoms with E-state index in [0.29, 0.717) is 0 Å². The van der Waals surface area contributed by atoms with Gasteiger partial charge in [0, 0.05) is 0 Å². The topological polar surface area (TPSA) is 0 Å². The Kier molecular flexibility index (Phi) is 3.31. The number of hydrogen-bond donors (Lipinski definition) is 0. The fourth-order valence-electron chi connectivity index (χ4n) is 1.92. The van der Waals surface area contributed by atoms with Crippen LogP contribution < -0.4 is 3.58 Å². The van der Waals surface area contributed by atoms with Crippen LogP contribution in [0.15, 0.2) is 36.4 Å². The van der Waals surface area contributed by atoms with E-state index in [2.05, 4.69) is 73.8 Å². The fraction of sp³-hybridized carbons (Fsp3) is 0.231. The molecule has 15 heavy (non-hydrogen) atoms. The zero-order chi connectivity index (χ0) is 11.1. The van der Waals surface area contributed by atoms with Crippen LogP contribution in [-0.4, -0.2) is 18.4 Å². The van der Waals surface area contributed by atoms with E-state index in [1.54, 1.807) is 3.58 Å². The van der Waals surface area contributed by atoms with Crippen molar-refractivity contribution in [2.24, 2.45) is 0 Å². The molecule has 0 saturated heterocycles. The molecule has 2 rings (SSSR count). The summed E-state index contributed by atoms with van der Waals surface area (Å²) >= 11 is 0.485. The van der Waals surface area contributed by atoms with E-state index in [4.69, 9.17) is 0 Å². The molecule has 0 saturated carbocycles. The first-order valence-corrected chi connectivity index (χ1v) is 16.2. The Labute approximate surface area is 109 Å². The second-order valence-electron chi connectivity index (χ2n) is 4.89. The molecule has 0 aliphatic heterocycles. The summed E-state index contributed by atoms with van der Waals surface area (Å²) in [6.45, 7) is 0. The first-order chi connectivity index (χ1) is 7.00. The molecule has 0 amide bonds. The van der Waals surface area contributed by atoms with Crippen molar-refractivity contribution in [2.45, 2.75) is 14.8 Å². The minimum absolute atomic E-state index is 1.39. The normalized spacial score (nSPS) is 12.0. The molecule has 2 aromatic carbocycles. The van der Waals surface area contributed by atoms with E-state index in [0.717, 1.165) is 0 Å². The van der Waals surface area contributed by atoms with Gasteiger partial charge in [-0.15, -0.1) is 0 Å². The minimum atomic E-state index is -1.97. The average Bonchev–Trinajstić information content (AvgIpc) is 2.16. The molecule has 2 heteroatoms. The molecule has 78 valence electrons. The summed E-state index contributed by atoms with van der Waals surface area (Å²) in [5.41, 5.74) is 0. The quantitative estimate of drug-likeness (QED) is 0.487. The van der Waals surface area contributed by atoms with Crippen molar-refractivity contribution in [1.82, 2.24) is 0 Å². The van der Waals surface area contributed by atoms with Gasteiger partial charge in [0.05, 0.1) is 0 Å². The molecular weight excluding hydrogens is 402 g/mol. The van der Waals surface area contributed by atoms with Gasteiger partial charge in [-0.2, -0.15) is 0 Å². The maximum atomic E-state index is 2.48. The van der Waals surface area contributed by atoms with Crippen LogP contribution in [0.2, 0.25) is 14.8 Å². The maximum absolute atomic E-state index is 2.48. The molecule has 0 radical (unpaired) electrons. The van der Waals surface area contributed by atoms with Crippen molar-refractivity contribution in [3.63, 3.8) is 0 Å². The SMILES string of the molecule is [CH3][Sn]([CH3])([CH3])[c]1cccc2cccc(I)c12. The molecular formula is C13H15ISn. The van der Waals surface area contributed by atoms with E-state index in [9.17, 15) is 0 Å². The summed E-state index contributed by atoms with van der Waals surface area (Å²) in [4.78, 5) is 7.44. The molecule has 0 fully saturated rings. The van der Waals surface area contributed by atoms with E-state index >= 15 is 0 Å². The average molecular weight is 417 g/mol. The second kappa shape index (κ2) is 4.24. The predicted octanol–water partition coefficient (Wildman–Crippen LogP) is 3.99. The number of halogens is 1. The summed E-state index contributed by atoms with van der Waals surface area (Å²) in [5, 5.41) is 2.90. The Balaban J connectivity index is 2.86. The Morgan fingerprint density at radius 2 is 1.53 bits per heavy atom. The molecule has 0 N–H and O–H groups in total. The van der Waals surface area contributed by atoms with E-state index in [1.165, 1.54) is 14.3 Å². The molecule has 0 aromatic heterocycles. The third-order valence-electron chi connectivity index (χ3n) is 2.66. The van der Waals surface area contributed by atoms with Crippen LogP contribution >= 0.6 is 22.6 Å². The summed E-state index contributed by atoms with van der Waals surface area (Å²) in [6, 6.07) is 13.3. The van der Waals surface area contributed by atoms with Gasteiger partial charge in [0.1, 0.15) is 0 Å². The van der Waals surface area contributed by atoms with Gasteiger partial charge in [-0.3, -0.25) is 0 Å². The van der Waals surface area contributed by atoms with Crippen molar-refractivity contribution in [1.29, 1.82) is 0 Å². The monoisotopic (exact) mass is 418 g/mol. The third-order valence-corrected chi connectivity index (χ3v) is 9.36. The van der Waals surface area contributed by atoms with Gasteiger partial charge in [-0.1, -0.05) is 0 Å². The summed E-state index contributed by atoms with van der Waals surface area (Å²) in [7, 11) is 0. The molecule has 0 aliphatic carbocycles. The van der Waals surface area contributed by atoms with Crippen LogP contribution in [0.1, 0.15) is 0 Å². The van der Waals surface area contributed by atoms with Gasteiger partial charge in [-0.05, 0) is 0 Å². The van der Waals surface area contributed by atoms with Gasteiger partial charge >= 0.3 is 110 Å². The zero-order valence-corrected chi connectivity index (χ0v) is 14.4. The number of rotatable bonds is 1. The molecule has 0 bridgehead atoms. The molecule has 0 heterocycles. The first-order valence-electron chi connectivity index (χ1n) is 5.18. The Morgan fingerprint density at radius 1 is 0.933 bits per heavy atom. The van der Waals surface area contributed by atoms with Crippen molar-refractivity contribution in [2.75, 3.05) is 0 Å². The second-order valence-corrected chi connectivity index (χ2v) is 20.4. The van der Waals surface area contributed by atoms with Gasteiger partial charge in [0.25, 0.3) is 0 Å². The van der Waals surface area contributed by atoms with Crippen LogP contribution in [-0.2, 0) is 0 Å². The molecule has 0 spiro atoms. The molecule has 0 atom stereocenters. The van der Waals surface area contributed by atoms with Gasteiger partial charge in [0.15, 0.2) is 0 Å². The molecule has 2 aromatic rings. The third kappa shape index (κ3) is 2.33. The van der Waals surface area contributed by atoms with Gasteiger partial charge in [0.2, 0.25) is 0 Å². The number of fused-ring (bicyclic) bond motifs is 1. The number of hydrogen-bond acceptors (Lipinski definition) is 0. The Morgan fingerprint density at radius 3 is 2.13 bits per heavy atom. The van der Waals surface area contributed by atoms with Crippen molar-refractivity contribution in [3.8, 4) is 0 Å². The van der Waals surface area contributed by atoms with Crippen LogP contribution in [0, 0.1) is 3.57 Å². The van der Waals surface area contributed by atoms with Crippen molar-refractivity contribution in [3.05, 3.63) is 40.0 Å². The van der Waals surface area contributed by atoms with E-state index in [-0.39, 0.29) is 0 Å². The summed E-state index contributed by atoms with van der Waals surface area (Å²) in [6.07, 6.45) is 0. The number of benzene rings is 2.